The molecule has 5 heteroatoms. The Morgan fingerprint density at radius 1 is 1.08 bits per heavy atom. The molecule has 0 heterocycles. The zero-order chi connectivity index (χ0) is 19.1. The Labute approximate surface area is 149 Å². The van der Waals surface area contributed by atoms with Crippen molar-refractivity contribution in [3.05, 3.63) is 52.6 Å². The summed E-state index contributed by atoms with van der Waals surface area (Å²) in [7, 11) is 0. The average molecular weight is 345 g/mol. The number of hydrogen-bond donors (Lipinski definition) is 3. The smallest absolute Gasteiger partial charge is 0.320 e. The van der Waals surface area contributed by atoms with Crippen LogP contribution in [-0.4, -0.2) is 22.2 Å². The monoisotopic (exact) mass is 345 g/mol. The Balaban J connectivity index is 0.00000151. The number of carbonyl (C=O) groups is 1. The second kappa shape index (κ2) is 9.08. The molecule has 2 aromatic carbocycles. The third-order valence-electron chi connectivity index (χ3n) is 3.68. The van der Waals surface area contributed by atoms with Gasteiger partial charge in [-0.3, -0.25) is 4.79 Å². The predicted octanol–water partition coefficient (Wildman–Crippen LogP) is 4.09. The number of aliphatic carboxylic acids is 1. The molecule has 1 atom stereocenters. The molecule has 0 saturated heterocycles. The zero-order valence-corrected chi connectivity index (χ0v) is 15.5. The lowest BCUT2D eigenvalue weighted by Gasteiger charge is -2.15. The van der Waals surface area contributed by atoms with Crippen LogP contribution in [0.1, 0.15) is 36.1 Å². The maximum atomic E-state index is 10.9. The number of aromatic hydroxyl groups is 1. The second-order valence-electron chi connectivity index (χ2n) is 5.76. The van der Waals surface area contributed by atoms with Crippen LogP contribution < -0.4 is 10.5 Å². The summed E-state index contributed by atoms with van der Waals surface area (Å²) in [4.78, 5) is 10.9. The number of aryl methyl sites for hydroxylation is 3. The van der Waals surface area contributed by atoms with Crippen molar-refractivity contribution in [2.24, 2.45) is 5.73 Å². The molecule has 4 N–H and O–H groups in total. The van der Waals surface area contributed by atoms with Crippen LogP contribution in [0.2, 0.25) is 0 Å². The van der Waals surface area contributed by atoms with Crippen molar-refractivity contribution in [2.45, 2.75) is 47.1 Å². The van der Waals surface area contributed by atoms with Crippen LogP contribution in [-0.2, 0) is 11.2 Å². The van der Waals surface area contributed by atoms with Crippen LogP contribution >= 0.6 is 0 Å². The van der Waals surface area contributed by atoms with Crippen molar-refractivity contribution in [1.29, 1.82) is 0 Å². The van der Waals surface area contributed by atoms with E-state index in [9.17, 15) is 9.90 Å². The minimum atomic E-state index is -1.01. The number of hydrogen-bond acceptors (Lipinski definition) is 4. The molecular weight excluding hydrogens is 318 g/mol. The summed E-state index contributed by atoms with van der Waals surface area (Å²) < 4.78 is 5.92. The molecule has 0 spiro atoms. The highest BCUT2D eigenvalue weighted by atomic mass is 16.5. The van der Waals surface area contributed by atoms with Crippen molar-refractivity contribution in [1.82, 2.24) is 0 Å². The number of phenols is 1. The third-order valence-corrected chi connectivity index (χ3v) is 3.68. The molecule has 2 aromatic rings. The fourth-order valence-electron chi connectivity index (χ4n) is 2.47. The first-order chi connectivity index (χ1) is 11.8. The van der Waals surface area contributed by atoms with Gasteiger partial charge in [-0.15, -0.1) is 0 Å². The number of ether oxygens (including phenoxy) is 1. The minimum Gasteiger partial charge on any atom is -0.508 e. The first kappa shape index (κ1) is 20.5. The molecular formula is C20H27NO4. The van der Waals surface area contributed by atoms with Crippen molar-refractivity contribution < 1.29 is 19.7 Å². The van der Waals surface area contributed by atoms with Crippen LogP contribution in [0.25, 0.3) is 0 Å². The molecule has 0 amide bonds. The summed E-state index contributed by atoms with van der Waals surface area (Å²) in [5, 5.41) is 18.5. The van der Waals surface area contributed by atoms with Crippen LogP contribution in [0.5, 0.6) is 17.2 Å². The van der Waals surface area contributed by atoms with Crippen LogP contribution in [0.4, 0.5) is 0 Å². The van der Waals surface area contributed by atoms with Gasteiger partial charge in [-0.05, 0) is 67.6 Å². The maximum Gasteiger partial charge on any atom is 0.320 e. The molecule has 136 valence electrons. The highest BCUT2D eigenvalue weighted by Crippen LogP contribution is 2.32. The van der Waals surface area contributed by atoms with Crippen molar-refractivity contribution in [3.63, 3.8) is 0 Å². The molecule has 0 aliphatic rings. The fourth-order valence-corrected chi connectivity index (χ4v) is 2.47. The quantitative estimate of drug-likeness (QED) is 0.759. The fraction of sp³-hybridized carbons (Fsp3) is 0.350. The normalized spacial score (nSPS) is 11.3. The SMILES string of the molecule is CC.Cc1cc(Oc2c(C)cc(CC(N)C(=O)O)cc2C)ccc1O. The summed E-state index contributed by atoms with van der Waals surface area (Å²) >= 11 is 0. The van der Waals surface area contributed by atoms with Crippen molar-refractivity contribution in [3.8, 4) is 17.2 Å². The van der Waals surface area contributed by atoms with E-state index < -0.39 is 12.0 Å². The van der Waals surface area contributed by atoms with Gasteiger partial charge in [-0.25, -0.2) is 0 Å². The Bertz CT molecular complexity index is 717. The van der Waals surface area contributed by atoms with E-state index >= 15 is 0 Å². The summed E-state index contributed by atoms with van der Waals surface area (Å²) in [6.45, 7) is 9.62. The molecule has 0 radical (unpaired) electrons. The second-order valence-corrected chi connectivity index (χ2v) is 5.76. The van der Waals surface area contributed by atoms with Gasteiger partial charge in [-0.1, -0.05) is 26.0 Å². The van der Waals surface area contributed by atoms with Crippen molar-refractivity contribution in [2.75, 3.05) is 0 Å². The van der Waals surface area contributed by atoms with E-state index in [-0.39, 0.29) is 12.2 Å². The average Bonchev–Trinajstić information content (AvgIpc) is 2.56. The van der Waals surface area contributed by atoms with Gasteiger partial charge < -0.3 is 20.7 Å². The molecule has 0 aliphatic heterocycles. The van der Waals surface area contributed by atoms with Gasteiger partial charge in [0.1, 0.15) is 23.3 Å². The lowest BCUT2D eigenvalue weighted by molar-refractivity contribution is -0.138. The number of carboxylic acid groups (broad SMARTS) is 1. The molecule has 5 nitrogen and oxygen atoms in total. The number of rotatable bonds is 5. The minimum absolute atomic E-state index is 0.226. The van der Waals surface area contributed by atoms with E-state index in [4.69, 9.17) is 15.6 Å². The molecule has 0 fully saturated rings. The van der Waals surface area contributed by atoms with Crippen LogP contribution in [0.15, 0.2) is 30.3 Å². The number of nitrogens with two attached hydrogens (primary N) is 1. The standard InChI is InChI=1S/C18H21NO4.C2H6/c1-10-8-14(4-5-16(10)20)23-17-11(2)6-13(7-12(17)3)9-15(19)18(21)22;1-2/h4-8,15,20H,9,19H2,1-3H3,(H,21,22);1-2H3. The largest absolute Gasteiger partial charge is 0.508 e. The summed E-state index contributed by atoms with van der Waals surface area (Å²) in [5.74, 6) is 0.577. The topological polar surface area (TPSA) is 92.8 Å². The van der Waals surface area contributed by atoms with Crippen molar-refractivity contribution >= 4 is 5.97 Å². The third kappa shape index (κ3) is 5.50. The predicted molar refractivity (Wildman–Crippen MR) is 99.5 cm³/mol. The Hall–Kier alpha value is -2.53. The van der Waals surface area contributed by atoms with Gasteiger partial charge in [0.15, 0.2) is 0 Å². The Morgan fingerprint density at radius 2 is 1.64 bits per heavy atom. The van der Waals surface area contributed by atoms with E-state index in [0.717, 1.165) is 28.0 Å². The first-order valence-corrected chi connectivity index (χ1v) is 8.34. The van der Waals surface area contributed by atoms with Crippen LogP contribution in [0, 0.1) is 20.8 Å². The van der Waals surface area contributed by atoms with E-state index in [1.165, 1.54) is 0 Å². The molecule has 1 unspecified atom stereocenters. The number of benzene rings is 2. The summed E-state index contributed by atoms with van der Waals surface area (Å²) in [6, 6.07) is 7.92. The zero-order valence-electron chi connectivity index (χ0n) is 15.5. The summed E-state index contributed by atoms with van der Waals surface area (Å²) in [6.07, 6.45) is 0.273. The highest BCUT2D eigenvalue weighted by molar-refractivity contribution is 5.73. The Morgan fingerprint density at radius 3 is 2.12 bits per heavy atom. The number of phenolic OH excluding ortho intramolecular Hbond substituents is 1. The van der Waals surface area contributed by atoms with E-state index in [1.807, 2.05) is 39.8 Å². The van der Waals surface area contributed by atoms with E-state index in [2.05, 4.69) is 0 Å². The summed E-state index contributed by atoms with van der Waals surface area (Å²) in [5.41, 5.74) is 9.00. The Kier molecular flexibility index (Phi) is 7.45. The molecule has 2 rings (SSSR count). The molecule has 0 aliphatic carbocycles. The van der Waals surface area contributed by atoms with Gasteiger partial charge in [0.25, 0.3) is 0 Å². The molecule has 0 saturated carbocycles. The molecule has 25 heavy (non-hydrogen) atoms. The van der Waals surface area contributed by atoms with Gasteiger partial charge >= 0.3 is 5.97 Å². The number of carboxylic acids is 1. The van der Waals surface area contributed by atoms with Gasteiger partial charge in [0, 0.05) is 0 Å². The van der Waals surface area contributed by atoms with Gasteiger partial charge in [-0.2, -0.15) is 0 Å². The highest BCUT2D eigenvalue weighted by Gasteiger charge is 2.15. The van der Waals surface area contributed by atoms with E-state index in [0.29, 0.717) is 5.75 Å². The first-order valence-electron chi connectivity index (χ1n) is 8.34. The van der Waals surface area contributed by atoms with E-state index in [1.54, 1.807) is 25.1 Å². The lowest BCUT2D eigenvalue weighted by atomic mass is 10.0. The lowest BCUT2D eigenvalue weighted by Crippen LogP contribution is -2.32. The maximum absolute atomic E-state index is 10.9. The van der Waals surface area contributed by atoms with Crippen LogP contribution in [0.3, 0.4) is 0 Å². The van der Waals surface area contributed by atoms with Gasteiger partial charge in [0.05, 0.1) is 0 Å². The van der Waals surface area contributed by atoms with Gasteiger partial charge in [0.2, 0.25) is 0 Å². The molecule has 0 bridgehead atoms. The molecule has 0 aromatic heterocycles.